The van der Waals surface area contributed by atoms with Crippen molar-refractivity contribution in [2.24, 2.45) is 0 Å². The summed E-state index contributed by atoms with van der Waals surface area (Å²) in [7, 11) is 0. The lowest BCUT2D eigenvalue weighted by Gasteiger charge is -1.97. The van der Waals surface area contributed by atoms with E-state index in [1.807, 2.05) is 32.2 Å². The Hall–Kier alpha value is -1.29. The van der Waals surface area contributed by atoms with Crippen LogP contribution in [0.25, 0.3) is 0 Å². The van der Waals surface area contributed by atoms with Crippen molar-refractivity contribution in [3.05, 3.63) is 47.8 Å². The normalized spacial score (nSPS) is 9.83. The minimum absolute atomic E-state index is 0.834. The van der Waals surface area contributed by atoms with Crippen LogP contribution in [0, 0.1) is 13.8 Å². The molecule has 2 heterocycles. The predicted molar refractivity (Wildman–Crippen MR) is 77.7 cm³/mol. The van der Waals surface area contributed by atoms with Gasteiger partial charge in [-0.05, 0) is 12.1 Å². The molecule has 18 heavy (non-hydrogen) atoms. The molecule has 2 rings (SSSR count). The van der Waals surface area contributed by atoms with Crippen LogP contribution in [0.2, 0.25) is 0 Å². The summed E-state index contributed by atoms with van der Waals surface area (Å²) in [5.74, 6) is 0. The first-order valence-corrected chi connectivity index (χ1v) is 7.43. The van der Waals surface area contributed by atoms with Crippen molar-refractivity contribution in [2.45, 2.75) is 34.2 Å². The highest BCUT2D eigenvalue weighted by Gasteiger charge is 2.15. The summed E-state index contributed by atoms with van der Waals surface area (Å²) in [5.41, 5.74) is 3.68. The van der Waals surface area contributed by atoms with E-state index < -0.39 is 0 Å². The molecule has 0 bridgehead atoms. The number of rotatable bonds is 3. The first kappa shape index (κ1) is 14.8. The zero-order valence-electron chi connectivity index (χ0n) is 11.8. The summed E-state index contributed by atoms with van der Waals surface area (Å²) in [5, 5.41) is 0. The number of hydrogen-bond acceptors (Lipinski definition) is 2. The third kappa shape index (κ3) is 3.35. The molecule has 0 saturated heterocycles. The molecule has 98 valence electrons. The molecule has 2 aromatic heterocycles. The van der Waals surface area contributed by atoms with Crippen molar-refractivity contribution in [1.29, 1.82) is 0 Å². The molecule has 0 spiro atoms. The summed E-state index contributed by atoms with van der Waals surface area (Å²) in [6.07, 6.45) is 6.05. The fourth-order valence-electron chi connectivity index (χ4n) is 1.68. The number of pyridine rings is 1. The Kier molecular flexibility index (Phi) is 5.92. The van der Waals surface area contributed by atoms with Crippen LogP contribution in [-0.4, -0.2) is 15.2 Å². The molecular formula is C14H22N3S+. The van der Waals surface area contributed by atoms with Gasteiger partial charge in [0.1, 0.15) is 12.2 Å². The zero-order chi connectivity index (χ0) is 13.5. The monoisotopic (exact) mass is 264 g/mol. The maximum atomic E-state index is 4.34. The molecular weight excluding hydrogens is 242 g/mol. The Bertz CT molecular complexity index is 477. The first-order valence-electron chi connectivity index (χ1n) is 6.24. The lowest BCUT2D eigenvalue weighted by Crippen LogP contribution is -2.35. The zero-order valence-corrected chi connectivity index (χ0v) is 12.7. The van der Waals surface area contributed by atoms with Gasteiger partial charge in [0, 0.05) is 26.3 Å². The van der Waals surface area contributed by atoms with Gasteiger partial charge in [-0.3, -0.25) is 4.98 Å². The van der Waals surface area contributed by atoms with E-state index in [-0.39, 0.29) is 0 Å². The van der Waals surface area contributed by atoms with Gasteiger partial charge in [0.2, 0.25) is 0 Å². The van der Waals surface area contributed by atoms with Gasteiger partial charge >= 0.3 is 0 Å². The second kappa shape index (κ2) is 7.21. The third-order valence-corrected chi connectivity index (χ3v) is 3.55. The lowest BCUT2D eigenvalue weighted by molar-refractivity contribution is -0.693. The van der Waals surface area contributed by atoms with Crippen molar-refractivity contribution >= 4 is 11.9 Å². The molecule has 2 aromatic rings. The van der Waals surface area contributed by atoms with Crippen LogP contribution in [0.15, 0.2) is 30.7 Å². The maximum absolute atomic E-state index is 4.34. The highest BCUT2D eigenvalue weighted by atomic mass is 32.2. The van der Waals surface area contributed by atoms with Gasteiger partial charge < -0.3 is 0 Å². The molecule has 0 saturated carbocycles. The standard InChI is InChI=1S/C12H16N3S.C2H6/c1-10-11(2)15(16-3)9-14(10)8-12-6-4-5-7-13-12;1-2/h4-7,9H,8H2,1-3H3;1-2H3/q+1;. The van der Waals surface area contributed by atoms with Crippen LogP contribution >= 0.6 is 11.9 Å². The van der Waals surface area contributed by atoms with E-state index in [4.69, 9.17) is 0 Å². The van der Waals surface area contributed by atoms with E-state index in [0.717, 1.165) is 12.2 Å². The summed E-state index contributed by atoms with van der Waals surface area (Å²) < 4.78 is 4.41. The van der Waals surface area contributed by atoms with Crippen LogP contribution in [0.1, 0.15) is 30.9 Å². The number of imidazole rings is 1. The van der Waals surface area contributed by atoms with E-state index in [2.05, 4.69) is 46.0 Å². The molecule has 3 nitrogen and oxygen atoms in total. The molecule has 0 aliphatic carbocycles. The van der Waals surface area contributed by atoms with Crippen LogP contribution in [-0.2, 0) is 6.54 Å². The van der Waals surface area contributed by atoms with Crippen molar-refractivity contribution in [3.63, 3.8) is 0 Å². The van der Waals surface area contributed by atoms with E-state index in [1.165, 1.54) is 11.4 Å². The third-order valence-electron chi connectivity index (χ3n) is 2.78. The topological polar surface area (TPSA) is 21.7 Å². The molecule has 0 N–H and O–H groups in total. The summed E-state index contributed by atoms with van der Waals surface area (Å²) >= 11 is 1.72. The van der Waals surface area contributed by atoms with Gasteiger partial charge in [-0.15, -0.1) is 0 Å². The first-order chi connectivity index (χ1) is 8.72. The molecule has 0 amide bonds. The van der Waals surface area contributed by atoms with Crippen LogP contribution in [0.5, 0.6) is 0 Å². The Morgan fingerprint density at radius 2 is 2.00 bits per heavy atom. The van der Waals surface area contributed by atoms with Crippen LogP contribution in [0.4, 0.5) is 0 Å². The van der Waals surface area contributed by atoms with Gasteiger partial charge in [0.05, 0.1) is 17.6 Å². The molecule has 0 aromatic carbocycles. The van der Waals surface area contributed by atoms with E-state index >= 15 is 0 Å². The summed E-state index contributed by atoms with van der Waals surface area (Å²) in [6.45, 7) is 9.12. The molecule has 0 radical (unpaired) electrons. The fraction of sp³-hybridized carbons (Fsp3) is 0.429. The number of nitrogens with zero attached hydrogens (tertiary/aromatic N) is 3. The van der Waals surface area contributed by atoms with Gasteiger partial charge in [0.15, 0.2) is 5.69 Å². The minimum Gasteiger partial charge on any atom is -0.257 e. The Morgan fingerprint density at radius 1 is 1.28 bits per heavy atom. The summed E-state index contributed by atoms with van der Waals surface area (Å²) in [4.78, 5) is 4.34. The lowest BCUT2D eigenvalue weighted by atomic mass is 10.3. The van der Waals surface area contributed by atoms with Crippen molar-refractivity contribution in [3.8, 4) is 0 Å². The highest BCUT2D eigenvalue weighted by Crippen LogP contribution is 2.09. The molecule has 0 atom stereocenters. The van der Waals surface area contributed by atoms with E-state index in [9.17, 15) is 0 Å². The van der Waals surface area contributed by atoms with E-state index in [0.29, 0.717) is 0 Å². The molecule has 0 fully saturated rings. The predicted octanol–water partition coefficient (Wildman–Crippen LogP) is 2.99. The Balaban J connectivity index is 0.000000771. The molecule has 0 aliphatic rings. The largest absolute Gasteiger partial charge is 0.257 e. The van der Waals surface area contributed by atoms with Gasteiger partial charge in [-0.1, -0.05) is 19.9 Å². The van der Waals surface area contributed by atoms with Crippen molar-refractivity contribution < 1.29 is 4.57 Å². The average molecular weight is 264 g/mol. The van der Waals surface area contributed by atoms with Crippen molar-refractivity contribution in [1.82, 2.24) is 8.96 Å². The Morgan fingerprint density at radius 3 is 2.50 bits per heavy atom. The molecule has 4 heteroatoms. The fourth-order valence-corrected chi connectivity index (χ4v) is 2.29. The van der Waals surface area contributed by atoms with Gasteiger partial charge in [-0.25, -0.2) is 4.57 Å². The highest BCUT2D eigenvalue weighted by molar-refractivity contribution is 7.97. The van der Waals surface area contributed by atoms with Crippen molar-refractivity contribution in [2.75, 3.05) is 6.26 Å². The average Bonchev–Trinajstić information content (AvgIpc) is 2.70. The minimum atomic E-state index is 0.834. The van der Waals surface area contributed by atoms with Crippen LogP contribution < -0.4 is 4.57 Å². The van der Waals surface area contributed by atoms with Gasteiger partial charge in [0.25, 0.3) is 6.33 Å². The van der Waals surface area contributed by atoms with Gasteiger partial charge in [-0.2, -0.15) is 3.97 Å². The number of aromatic nitrogens is 3. The smallest absolute Gasteiger partial charge is 0.256 e. The second-order valence-electron chi connectivity index (χ2n) is 3.74. The SMILES string of the molecule is CC.CSn1c[n+](Cc2ccccn2)c(C)c1C. The second-order valence-corrected chi connectivity index (χ2v) is 4.50. The molecule has 0 aliphatic heterocycles. The molecule has 0 unspecified atom stereocenters. The Labute approximate surface area is 114 Å². The number of hydrogen-bond donors (Lipinski definition) is 0. The van der Waals surface area contributed by atoms with E-state index in [1.54, 1.807) is 11.9 Å². The maximum Gasteiger partial charge on any atom is 0.256 e. The quantitative estimate of drug-likeness (QED) is 0.795. The van der Waals surface area contributed by atoms with Crippen LogP contribution in [0.3, 0.4) is 0 Å². The summed E-state index contributed by atoms with van der Waals surface area (Å²) in [6, 6.07) is 6.02.